The molecule has 0 saturated heterocycles. The lowest BCUT2D eigenvalue weighted by Gasteiger charge is -2.20. The average Bonchev–Trinajstić information content (AvgIpc) is 2.48. The van der Waals surface area contributed by atoms with Gasteiger partial charge in [-0.05, 0) is 18.8 Å². The molecule has 0 aromatic carbocycles. The minimum absolute atomic E-state index is 0.0464. The lowest BCUT2D eigenvalue weighted by Crippen LogP contribution is -2.17. The van der Waals surface area contributed by atoms with Crippen LogP contribution in [0.4, 0.5) is 5.82 Å². The molecule has 0 spiro atoms. The first-order valence-electron chi connectivity index (χ1n) is 8.36. The average molecular weight is 325 g/mol. The minimum Gasteiger partial charge on any atom is -0.394 e. The topological polar surface area (TPSA) is 76.5 Å². The molecule has 1 aromatic rings. The lowest BCUT2D eigenvalue weighted by atomic mass is 9.95. The summed E-state index contributed by atoms with van der Waals surface area (Å²) in [6.07, 6.45) is 0. The van der Waals surface area contributed by atoms with Gasteiger partial charge in [-0.25, -0.2) is 9.97 Å². The number of aliphatic hydroxyl groups excluding tert-OH is 1. The van der Waals surface area contributed by atoms with E-state index < -0.39 is 0 Å². The maximum Gasteiger partial charge on any atom is 0.133 e. The third kappa shape index (κ3) is 6.81. The van der Waals surface area contributed by atoms with Crippen molar-refractivity contribution in [1.29, 1.82) is 0 Å². The highest BCUT2D eigenvalue weighted by Gasteiger charge is 2.18. The molecule has 0 aliphatic rings. The van der Waals surface area contributed by atoms with Crippen LogP contribution >= 0.6 is 0 Å². The molecule has 0 unspecified atom stereocenters. The summed E-state index contributed by atoms with van der Waals surface area (Å²) in [7, 11) is 0. The van der Waals surface area contributed by atoms with Crippen LogP contribution in [0, 0.1) is 6.92 Å². The van der Waals surface area contributed by atoms with Gasteiger partial charge in [-0.15, -0.1) is 0 Å². The second kappa shape index (κ2) is 10.5. The number of aromatic nitrogens is 2. The monoisotopic (exact) mass is 325 g/mol. The number of aryl methyl sites for hydroxylation is 1. The fraction of sp³-hybridized carbons (Fsp3) is 0.765. The van der Waals surface area contributed by atoms with Crippen molar-refractivity contribution in [2.75, 3.05) is 44.9 Å². The molecule has 0 fully saturated rings. The van der Waals surface area contributed by atoms with Crippen molar-refractivity contribution >= 4 is 5.82 Å². The van der Waals surface area contributed by atoms with Crippen molar-refractivity contribution in [2.24, 2.45) is 0 Å². The quantitative estimate of drug-likeness (QED) is 0.609. The summed E-state index contributed by atoms with van der Waals surface area (Å²) in [5.41, 5.74) is 2.31. The number of rotatable bonds is 11. The number of aliphatic hydroxyl groups is 1. The molecular formula is C17H31N3O3. The molecule has 0 amide bonds. The molecule has 2 N–H and O–H groups in total. The second-order valence-electron chi connectivity index (χ2n) is 6.10. The minimum atomic E-state index is 0.0464. The molecule has 6 heteroatoms. The van der Waals surface area contributed by atoms with Crippen LogP contribution in [0.5, 0.6) is 0 Å². The number of ether oxygens (including phenoxy) is 2. The third-order valence-electron chi connectivity index (χ3n) is 3.36. The highest BCUT2D eigenvalue weighted by Crippen LogP contribution is 2.29. The highest BCUT2D eigenvalue weighted by atomic mass is 16.5. The zero-order chi connectivity index (χ0) is 17.2. The molecule has 1 heterocycles. The summed E-state index contributed by atoms with van der Waals surface area (Å²) >= 11 is 0. The van der Waals surface area contributed by atoms with Crippen molar-refractivity contribution in [2.45, 2.75) is 46.5 Å². The van der Waals surface area contributed by atoms with Crippen molar-refractivity contribution in [3.8, 4) is 0 Å². The van der Waals surface area contributed by atoms with Gasteiger partial charge in [-0.3, -0.25) is 0 Å². The Labute approximate surface area is 139 Å². The molecule has 0 saturated carbocycles. The van der Waals surface area contributed by atoms with Gasteiger partial charge in [0, 0.05) is 12.1 Å². The van der Waals surface area contributed by atoms with Gasteiger partial charge in [-0.1, -0.05) is 27.7 Å². The summed E-state index contributed by atoms with van der Waals surface area (Å²) in [6, 6.07) is 0. The first-order chi connectivity index (χ1) is 11.0. The maximum absolute atomic E-state index is 8.60. The molecule has 132 valence electrons. The van der Waals surface area contributed by atoms with Crippen LogP contribution in [0.25, 0.3) is 0 Å². The Hall–Kier alpha value is -1.24. The SMILES string of the molecule is Cc1nc(NCCOCCOCCO)c(C(C)C)c(C(C)C)n1. The fourth-order valence-corrected chi connectivity index (χ4v) is 2.38. The van der Waals surface area contributed by atoms with Crippen molar-refractivity contribution in [3.63, 3.8) is 0 Å². The van der Waals surface area contributed by atoms with Crippen molar-refractivity contribution in [1.82, 2.24) is 9.97 Å². The molecule has 23 heavy (non-hydrogen) atoms. The molecule has 0 bridgehead atoms. The summed E-state index contributed by atoms with van der Waals surface area (Å²) < 4.78 is 10.6. The van der Waals surface area contributed by atoms with E-state index in [4.69, 9.17) is 14.6 Å². The van der Waals surface area contributed by atoms with E-state index in [2.05, 4.69) is 43.0 Å². The van der Waals surface area contributed by atoms with Crippen LogP contribution in [0.3, 0.4) is 0 Å². The maximum atomic E-state index is 8.60. The van der Waals surface area contributed by atoms with Crippen LogP contribution in [0.15, 0.2) is 0 Å². The Morgan fingerprint density at radius 2 is 1.61 bits per heavy atom. The van der Waals surface area contributed by atoms with E-state index in [1.54, 1.807) is 0 Å². The molecule has 0 atom stereocenters. The van der Waals surface area contributed by atoms with Crippen LogP contribution < -0.4 is 5.32 Å². The summed E-state index contributed by atoms with van der Waals surface area (Å²) in [4.78, 5) is 9.19. The Kier molecular flexibility index (Phi) is 9.06. The molecule has 0 aliphatic carbocycles. The largest absolute Gasteiger partial charge is 0.394 e. The van der Waals surface area contributed by atoms with Gasteiger partial charge in [0.15, 0.2) is 0 Å². The van der Waals surface area contributed by atoms with Gasteiger partial charge in [0.2, 0.25) is 0 Å². The Balaban J connectivity index is 2.56. The van der Waals surface area contributed by atoms with Crippen LogP contribution in [-0.2, 0) is 9.47 Å². The van der Waals surface area contributed by atoms with E-state index in [1.165, 1.54) is 5.56 Å². The zero-order valence-electron chi connectivity index (χ0n) is 15.1. The Morgan fingerprint density at radius 3 is 2.17 bits per heavy atom. The van der Waals surface area contributed by atoms with E-state index in [-0.39, 0.29) is 6.61 Å². The van der Waals surface area contributed by atoms with Crippen molar-refractivity contribution in [3.05, 3.63) is 17.1 Å². The molecule has 6 nitrogen and oxygen atoms in total. The Bertz CT molecular complexity index is 465. The molecule has 1 rings (SSSR count). The molecule has 0 radical (unpaired) electrons. The van der Waals surface area contributed by atoms with Crippen LogP contribution in [0.1, 0.15) is 56.6 Å². The highest BCUT2D eigenvalue weighted by molar-refractivity contribution is 5.49. The van der Waals surface area contributed by atoms with E-state index in [1.807, 2.05) is 6.92 Å². The van der Waals surface area contributed by atoms with E-state index in [9.17, 15) is 0 Å². The normalized spacial score (nSPS) is 11.5. The lowest BCUT2D eigenvalue weighted by molar-refractivity contribution is 0.0361. The number of hydrogen-bond donors (Lipinski definition) is 2. The van der Waals surface area contributed by atoms with Gasteiger partial charge in [-0.2, -0.15) is 0 Å². The standard InChI is InChI=1S/C17H31N3O3/c1-12(2)15-16(13(3)4)19-14(5)20-17(15)18-6-8-22-10-11-23-9-7-21/h12-13,21H,6-11H2,1-5H3,(H,18,19,20). The summed E-state index contributed by atoms with van der Waals surface area (Å²) in [5, 5.41) is 12.0. The summed E-state index contributed by atoms with van der Waals surface area (Å²) in [5.74, 6) is 2.44. The first-order valence-corrected chi connectivity index (χ1v) is 8.36. The first kappa shape index (κ1) is 19.8. The van der Waals surface area contributed by atoms with E-state index in [0.717, 1.165) is 17.3 Å². The van der Waals surface area contributed by atoms with Gasteiger partial charge < -0.3 is 19.9 Å². The number of nitrogens with zero attached hydrogens (tertiary/aromatic N) is 2. The van der Waals surface area contributed by atoms with Crippen LogP contribution in [0.2, 0.25) is 0 Å². The number of hydrogen-bond acceptors (Lipinski definition) is 6. The zero-order valence-corrected chi connectivity index (χ0v) is 15.1. The number of nitrogens with one attached hydrogen (secondary N) is 1. The summed E-state index contributed by atoms with van der Waals surface area (Å²) in [6.45, 7) is 13.3. The van der Waals surface area contributed by atoms with Crippen molar-refractivity contribution < 1.29 is 14.6 Å². The van der Waals surface area contributed by atoms with E-state index >= 15 is 0 Å². The smallest absolute Gasteiger partial charge is 0.133 e. The Morgan fingerprint density at radius 1 is 0.957 bits per heavy atom. The number of anilines is 1. The predicted octanol–water partition coefficient (Wildman–Crippen LogP) is 2.47. The van der Waals surface area contributed by atoms with Crippen LogP contribution in [-0.4, -0.2) is 54.7 Å². The third-order valence-corrected chi connectivity index (χ3v) is 3.36. The van der Waals surface area contributed by atoms with Gasteiger partial charge in [0.05, 0.1) is 38.7 Å². The van der Waals surface area contributed by atoms with Gasteiger partial charge >= 0.3 is 0 Å². The predicted molar refractivity (Wildman–Crippen MR) is 92.2 cm³/mol. The van der Waals surface area contributed by atoms with Gasteiger partial charge in [0.25, 0.3) is 0 Å². The van der Waals surface area contributed by atoms with Gasteiger partial charge in [0.1, 0.15) is 11.6 Å². The molecule has 1 aromatic heterocycles. The fourth-order valence-electron chi connectivity index (χ4n) is 2.38. The van der Waals surface area contributed by atoms with E-state index in [0.29, 0.717) is 44.8 Å². The second-order valence-corrected chi connectivity index (χ2v) is 6.10. The molecule has 0 aliphatic heterocycles. The molecular weight excluding hydrogens is 294 g/mol.